The van der Waals surface area contributed by atoms with Crippen molar-refractivity contribution in [2.45, 2.75) is 24.5 Å². The van der Waals surface area contributed by atoms with Crippen LogP contribution < -0.4 is 0 Å². The summed E-state index contributed by atoms with van der Waals surface area (Å²) in [5.74, 6) is -4.73. The number of carboxylic acid groups (broad SMARTS) is 2. The lowest BCUT2D eigenvalue weighted by molar-refractivity contribution is -0.175. The summed E-state index contributed by atoms with van der Waals surface area (Å²) in [7, 11) is 0. The molecule has 0 spiro atoms. The summed E-state index contributed by atoms with van der Waals surface area (Å²) in [6, 6.07) is 0. The third-order valence-electron chi connectivity index (χ3n) is 1.98. The maximum absolute atomic E-state index is 11.2. The second-order valence-corrected chi connectivity index (χ2v) is 3.56. The number of carboxylic acids is 2. The summed E-state index contributed by atoms with van der Waals surface area (Å²) in [5, 5.41) is 43.8. The number of carbonyl (C=O) groups excluding carboxylic acids is 1. The van der Waals surface area contributed by atoms with Crippen molar-refractivity contribution in [3.8, 4) is 0 Å². The Hall–Kier alpha value is -1.71. The number of hydrogen-bond acceptors (Lipinski definition) is 7. The molecule has 0 heterocycles. The summed E-state index contributed by atoms with van der Waals surface area (Å²) in [6.07, 6.45) is -3.54. The van der Waals surface area contributed by atoms with Gasteiger partial charge in [0.15, 0.2) is 5.60 Å². The van der Waals surface area contributed by atoms with Crippen molar-refractivity contribution in [3.63, 3.8) is 0 Å². The number of rotatable bonds is 8. The van der Waals surface area contributed by atoms with Gasteiger partial charge >= 0.3 is 17.9 Å². The van der Waals surface area contributed by atoms with Gasteiger partial charge in [0.1, 0.15) is 6.10 Å². The van der Waals surface area contributed by atoms with Crippen LogP contribution in [-0.2, 0) is 19.1 Å². The largest absolute Gasteiger partial charge is 0.481 e. The highest BCUT2D eigenvalue weighted by molar-refractivity contribution is 5.88. The number of carbonyl (C=O) groups is 3. The molecule has 0 saturated carbocycles. The van der Waals surface area contributed by atoms with Gasteiger partial charge in [0.05, 0.1) is 26.1 Å². The molecular formula is C9H14O9. The molecule has 0 aliphatic heterocycles. The van der Waals surface area contributed by atoms with Crippen LogP contribution >= 0.6 is 0 Å². The Balaban J connectivity index is 4.64. The fourth-order valence-corrected chi connectivity index (χ4v) is 1.06. The Kier molecular flexibility index (Phi) is 6.23. The van der Waals surface area contributed by atoms with Crippen LogP contribution in [-0.4, -0.2) is 68.4 Å². The Bertz CT molecular complexity index is 322. The number of esters is 1. The number of aliphatic hydroxyl groups excluding tert-OH is 2. The lowest BCUT2D eigenvalue weighted by atomic mass is 9.96. The minimum Gasteiger partial charge on any atom is -0.481 e. The minimum atomic E-state index is -2.79. The zero-order valence-corrected chi connectivity index (χ0v) is 9.27. The molecule has 0 aromatic rings. The molecule has 0 radical (unpaired) electrons. The maximum Gasteiger partial charge on any atom is 0.336 e. The lowest BCUT2D eigenvalue weighted by Gasteiger charge is -2.21. The highest BCUT2D eigenvalue weighted by Crippen LogP contribution is 2.17. The van der Waals surface area contributed by atoms with E-state index < -0.39 is 55.7 Å². The van der Waals surface area contributed by atoms with Gasteiger partial charge in [-0.15, -0.1) is 0 Å². The monoisotopic (exact) mass is 266 g/mol. The van der Waals surface area contributed by atoms with Crippen molar-refractivity contribution in [1.29, 1.82) is 0 Å². The van der Waals surface area contributed by atoms with Crippen LogP contribution in [0.15, 0.2) is 0 Å². The summed E-state index contributed by atoms with van der Waals surface area (Å²) < 4.78 is 4.42. The minimum absolute atomic E-state index is 0.688. The SMILES string of the molecule is O=C(O)CC(O)(CC(=O)OC(CO)CO)C(=O)O. The van der Waals surface area contributed by atoms with E-state index in [0.29, 0.717) is 0 Å². The van der Waals surface area contributed by atoms with Gasteiger partial charge in [0.2, 0.25) is 0 Å². The first-order valence-electron chi connectivity index (χ1n) is 4.84. The van der Waals surface area contributed by atoms with Gasteiger partial charge in [-0.25, -0.2) is 4.79 Å². The van der Waals surface area contributed by atoms with Crippen LogP contribution in [0.3, 0.4) is 0 Å². The van der Waals surface area contributed by atoms with Gasteiger partial charge in [0, 0.05) is 0 Å². The number of hydrogen-bond donors (Lipinski definition) is 5. The summed E-state index contributed by atoms with van der Waals surface area (Å²) in [5.41, 5.74) is -2.79. The predicted molar refractivity (Wildman–Crippen MR) is 53.5 cm³/mol. The molecule has 0 amide bonds. The quantitative estimate of drug-likeness (QED) is 0.300. The smallest absolute Gasteiger partial charge is 0.336 e. The van der Waals surface area contributed by atoms with Crippen molar-refractivity contribution in [1.82, 2.24) is 0 Å². The van der Waals surface area contributed by atoms with Gasteiger partial charge in [0.25, 0.3) is 0 Å². The van der Waals surface area contributed by atoms with E-state index in [2.05, 4.69) is 4.74 Å². The van der Waals surface area contributed by atoms with Crippen LogP contribution in [0.2, 0.25) is 0 Å². The molecule has 1 unspecified atom stereocenters. The normalized spacial score (nSPS) is 14.0. The van der Waals surface area contributed by atoms with Gasteiger partial charge in [-0.3, -0.25) is 9.59 Å². The summed E-state index contributed by atoms with van der Waals surface area (Å²) >= 11 is 0. The molecule has 0 aliphatic rings. The number of aliphatic carboxylic acids is 2. The fourth-order valence-electron chi connectivity index (χ4n) is 1.06. The molecule has 0 aromatic carbocycles. The molecule has 0 bridgehead atoms. The molecule has 104 valence electrons. The van der Waals surface area contributed by atoms with Crippen molar-refractivity contribution in [3.05, 3.63) is 0 Å². The summed E-state index contributed by atoms with van der Waals surface area (Å²) in [6.45, 7) is -1.38. The Labute approximate surface area is 101 Å². The lowest BCUT2D eigenvalue weighted by Crippen LogP contribution is -2.43. The van der Waals surface area contributed by atoms with Crippen LogP contribution in [0, 0.1) is 0 Å². The molecule has 18 heavy (non-hydrogen) atoms. The molecule has 1 atom stereocenters. The van der Waals surface area contributed by atoms with Gasteiger partial charge < -0.3 is 30.3 Å². The average Bonchev–Trinajstić information content (AvgIpc) is 2.24. The third kappa shape index (κ3) is 5.08. The van der Waals surface area contributed by atoms with E-state index in [1.54, 1.807) is 0 Å². The van der Waals surface area contributed by atoms with Crippen LogP contribution in [0.5, 0.6) is 0 Å². The van der Waals surface area contributed by atoms with Crippen molar-refractivity contribution in [2.24, 2.45) is 0 Å². The van der Waals surface area contributed by atoms with Crippen LogP contribution in [0.1, 0.15) is 12.8 Å². The molecule has 0 saturated heterocycles. The molecule has 9 nitrogen and oxygen atoms in total. The topological polar surface area (TPSA) is 162 Å². The van der Waals surface area contributed by atoms with Crippen molar-refractivity contribution >= 4 is 17.9 Å². The molecule has 5 N–H and O–H groups in total. The van der Waals surface area contributed by atoms with Crippen LogP contribution in [0.25, 0.3) is 0 Å². The van der Waals surface area contributed by atoms with Crippen molar-refractivity contribution in [2.75, 3.05) is 13.2 Å². The van der Waals surface area contributed by atoms with E-state index in [1.165, 1.54) is 0 Å². The van der Waals surface area contributed by atoms with E-state index in [1.807, 2.05) is 0 Å². The predicted octanol–water partition coefficient (Wildman–Crippen LogP) is -2.44. The van der Waals surface area contributed by atoms with E-state index >= 15 is 0 Å². The van der Waals surface area contributed by atoms with E-state index in [4.69, 9.17) is 20.4 Å². The van der Waals surface area contributed by atoms with Crippen LogP contribution in [0.4, 0.5) is 0 Å². The highest BCUT2D eigenvalue weighted by Gasteiger charge is 2.41. The average molecular weight is 266 g/mol. The van der Waals surface area contributed by atoms with Gasteiger partial charge in [-0.05, 0) is 0 Å². The Morgan fingerprint density at radius 2 is 1.56 bits per heavy atom. The highest BCUT2D eigenvalue weighted by atomic mass is 16.6. The maximum atomic E-state index is 11.2. The van der Waals surface area contributed by atoms with E-state index in [-0.39, 0.29) is 0 Å². The molecule has 0 aliphatic carbocycles. The van der Waals surface area contributed by atoms with E-state index in [0.717, 1.165) is 0 Å². The molecule has 0 aromatic heterocycles. The molecular weight excluding hydrogens is 252 g/mol. The first kappa shape index (κ1) is 16.3. The second kappa shape index (κ2) is 6.89. The standard InChI is InChI=1S/C9H14O9/c10-3-5(4-11)18-7(14)2-9(17,8(15)16)1-6(12)13/h5,10-11,17H,1-4H2,(H,12,13)(H,15,16). The molecule has 9 heteroatoms. The summed E-state index contributed by atoms with van der Waals surface area (Å²) in [4.78, 5) is 32.3. The second-order valence-electron chi connectivity index (χ2n) is 3.56. The Morgan fingerprint density at radius 3 is 1.89 bits per heavy atom. The number of ether oxygens (including phenoxy) is 1. The van der Waals surface area contributed by atoms with Gasteiger partial charge in [-0.1, -0.05) is 0 Å². The Morgan fingerprint density at radius 1 is 1.06 bits per heavy atom. The van der Waals surface area contributed by atoms with E-state index in [9.17, 15) is 19.5 Å². The number of aliphatic hydroxyl groups is 3. The first-order valence-corrected chi connectivity index (χ1v) is 4.84. The third-order valence-corrected chi connectivity index (χ3v) is 1.98. The molecule has 0 rings (SSSR count). The molecule has 0 fully saturated rings. The van der Waals surface area contributed by atoms with Crippen molar-refractivity contribution < 1.29 is 44.7 Å². The first-order chi connectivity index (χ1) is 8.25. The fraction of sp³-hybridized carbons (Fsp3) is 0.667. The van der Waals surface area contributed by atoms with Gasteiger partial charge in [-0.2, -0.15) is 0 Å². The zero-order chi connectivity index (χ0) is 14.3. The zero-order valence-electron chi connectivity index (χ0n) is 9.27.